The molecule has 0 bridgehead atoms. The van der Waals surface area contributed by atoms with Crippen LogP contribution in [0.3, 0.4) is 0 Å². The molecule has 2 unspecified atom stereocenters. The predicted molar refractivity (Wildman–Crippen MR) is 76.7 cm³/mol. The standard InChI is InChI=1S/C15H17FN2O4/c1-2-12(15(21)22)17-13(19)11-7-8-18(14(11)20)10-5-3-9(16)4-6-10/h3-6,11-12H,2,7-8H2,1H3,(H,17,19)(H,21,22). The minimum atomic E-state index is -1.13. The van der Waals surface area contributed by atoms with E-state index in [0.717, 1.165) is 0 Å². The fourth-order valence-electron chi connectivity index (χ4n) is 2.41. The Kier molecular flexibility index (Phi) is 4.75. The normalized spacial score (nSPS) is 19.1. The van der Waals surface area contributed by atoms with Crippen molar-refractivity contribution in [2.75, 3.05) is 11.4 Å². The monoisotopic (exact) mass is 308 g/mol. The van der Waals surface area contributed by atoms with E-state index >= 15 is 0 Å². The number of nitrogens with zero attached hydrogens (tertiary/aromatic N) is 1. The molecular formula is C15H17FN2O4. The molecule has 1 aliphatic rings. The van der Waals surface area contributed by atoms with Crippen molar-refractivity contribution in [3.05, 3.63) is 30.1 Å². The van der Waals surface area contributed by atoms with E-state index in [-0.39, 0.29) is 6.42 Å². The fraction of sp³-hybridized carbons (Fsp3) is 0.400. The highest BCUT2D eigenvalue weighted by Gasteiger charge is 2.38. The molecule has 7 heteroatoms. The van der Waals surface area contributed by atoms with E-state index in [2.05, 4.69) is 5.32 Å². The number of hydrogen-bond acceptors (Lipinski definition) is 3. The molecule has 118 valence electrons. The summed E-state index contributed by atoms with van der Waals surface area (Å²) in [5.41, 5.74) is 0.520. The second-order valence-corrected chi connectivity index (χ2v) is 5.12. The summed E-state index contributed by atoms with van der Waals surface area (Å²) < 4.78 is 12.9. The second kappa shape index (κ2) is 6.55. The molecule has 1 aromatic carbocycles. The van der Waals surface area contributed by atoms with Gasteiger partial charge < -0.3 is 15.3 Å². The molecule has 1 saturated heterocycles. The number of carbonyl (C=O) groups is 3. The van der Waals surface area contributed by atoms with E-state index in [1.54, 1.807) is 6.92 Å². The van der Waals surface area contributed by atoms with Gasteiger partial charge in [0.25, 0.3) is 0 Å². The topological polar surface area (TPSA) is 86.7 Å². The molecular weight excluding hydrogens is 291 g/mol. The summed E-state index contributed by atoms with van der Waals surface area (Å²) in [6.45, 7) is 1.98. The number of carbonyl (C=O) groups excluding carboxylic acids is 2. The molecule has 2 atom stereocenters. The number of halogens is 1. The molecule has 0 radical (unpaired) electrons. The van der Waals surface area contributed by atoms with E-state index in [4.69, 9.17) is 5.11 Å². The lowest BCUT2D eigenvalue weighted by molar-refractivity contribution is -0.143. The Morgan fingerprint density at radius 3 is 2.59 bits per heavy atom. The molecule has 1 aliphatic heterocycles. The quantitative estimate of drug-likeness (QED) is 0.799. The molecule has 1 heterocycles. The summed E-state index contributed by atoms with van der Waals surface area (Å²) in [4.78, 5) is 36.7. The number of aliphatic carboxylic acids is 1. The van der Waals surface area contributed by atoms with E-state index in [1.165, 1.54) is 29.2 Å². The molecule has 1 aromatic rings. The number of nitrogens with one attached hydrogen (secondary N) is 1. The van der Waals surface area contributed by atoms with Gasteiger partial charge in [0.05, 0.1) is 0 Å². The van der Waals surface area contributed by atoms with Gasteiger partial charge in [0.1, 0.15) is 17.8 Å². The Morgan fingerprint density at radius 2 is 2.05 bits per heavy atom. The molecule has 0 spiro atoms. The van der Waals surface area contributed by atoms with Crippen LogP contribution in [0.2, 0.25) is 0 Å². The SMILES string of the molecule is CCC(NC(=O)C1CCN(c2ccc(F)cc2)C1=O)C(=O)O. The van der Waals surface area contributed by atoms with Gasteiger partial charge in [0.15, 0.2) is 0 Å². The maximum atomic E-state index is 12.9. The zero-order valence-corrected chi connectivity index (χ0v) is 12.1. The third-order valence-corrected chi connectivity index (χ3v) is 3.68. The number of benzene rings is 1. The average Bonchev–Trinajstić information content (AvgIpc) is 2.87. The van der Waals surface area contributed by atoms with E-state index in [1.807, 2.05) is 0 Å². The number of hydrogen-bond donors (Lipinski definition) is 2. The van der Waals surface area contributed by atoms with Crippen LogP contribution in [-0.4, -0.2) is 35.5 Å². The average molecular weight is 308 g/mol. The highest BCUT2D eigenvalue weighted by Crippen LogP contribution is 2.25. The van der Waals surface area contributed by atoms with Gasteiger partial charge in [-0.05, 0) is 37.1 Å². The molecule has 0 aliphatic carbocycles. The van der Waals surface area contributed by atoms with Gasteiger partial charge in [-0.2, -0.15) is 0 Å². The van der Waals surface area contributed by atoms with Crippen molar-refractivity contribution in [2.45, 2.75) is 25.8 Å². The third-order valence-electron chi connectivity index (χ3n) is 3.68. The van der Waals surface area contributed by atoms with Crippen molar-refractivity contribution in [3.8, 4) is 0 Å². The van der Waals surface area contributed by atoms with Crippen LogP contribution in [-0.2, 0) is 14.4 Å². The molecule has 22 heavy (non-hydrogen) atoms. The summed E-state index contributed by atoms with van der Waals surface area (Å²) >= 11 is 0. The van der Waals surface area contributed by atoms with E-state index < -0.39 is 35.6 Å². The number of amides is 2. The van der Waals surface area contributed by atoms with Crippen LogP contribution in [0.4, 0.5) is 10.1 Å². The third kappa shape index (κ3) is 3.24. The van der Waals surface area contributed by atoms with Crippen molar-refractivity contribution in [3.63, 3.8) is 0 Å². The van der Waals surface area contributed by atoms with Crippen LogP contribution in [0, 0.1) is 11.7 Å². The first-order valence-electron chi connectivity index (χ1n) is 7.04. The number of carboxylic acid groups (broad SMARTS) is 1. The van der Waals surface area contributed by atoms with Crippen LogP contribution in [0.25, 0.3) is 0 Å². The Bertz CT molecular complexity index is 588. The lowest BCUT2D eigenvalue weighted by Crippen LogP contribution is -2.45. The lowest BCUT2D eigenvalue weighted by atomic mass is 10.1. The molecule has 0 aromatic heterocycles. The van der Waals surface area contributed by atoms with Crippen molar-refractivity contribution in [2.24, 2.45) is 5.92 Å². The highest BCUT2D eigenvalue weighted by atomic mass is 19.1. The molecule has 6 nitrogen and oxygen atoms in total. The van der Waals surface area contributed by atoms with Gasteiger partial charge in [-0.25, -0.2) is 9.18 Å². The first-order chi connectivity index (χ1) is 10.4. The van der Waals surface area contributed by atoms with E-state index in [9.17, 15) is 18.8 Å². The summed E-state index contributed by atoms with van der Waals surface area (Å²) in [5.74, 6) is -3.42. The van der Waals surface area contributed by atoms with Crippen LogP contribution < -0.4 is 10.2 Å². The van der Waals surface area contributed by atoms with Gasteiger partial charge in [-0.3, -0.25) is 9.59 Å². The van der Waals surface area contributed by atoms with Gasteiger partial charge >= 0.3 is 5.97 Å². The largest absolute Gasteiger partial charge is 0.480 e. The zero-order valence-electron chi connectivity index (χ0n) is 12.1. The molecule has 2 rings (SSSR count). The Morgan fingerprint density at radius 1 is 1.41 bits per heavy atom. The van der Waals surface area contributed by atoms with Crippen LogP contribution in [0.1, 0.15) is 19.8 Å². The summed E-state index contributed by atoms with van der Waals surface area (Å²) in [7, 11) is 0. The predicted octanol–water partition coefficient (Wildman–Crippen LogP) is 1.16. The maximum absolute atomic E-state index is 12.9. The number of rotatable bonds is 5. The van der Waals surface area contributed by atoms with E-state index in [0.29, 0.717) is 18.7 Å². The fourth-order valence-corrected chi connectivity index (χ4v) is 2.41. The number of carboxylic acids is 1. The van der Waals surface area contributed by atoms with Crippen LogP contribution in [0.15, 0.2) is 24.3 Å². The zero-order chi connectivity index (χ0) is 16.3. The van der Waals surface area contributed by atoms with Gasteiger partial charge in [-0.1, -0.05) is 6.92 Å². The van der Waals surface area contributed by atoms with Crippen molar-refractivity contribution < 1.29 is 23.9 Å². The van der Waals surface area contributed by atoms with Gasteiger partial charge in [-0.15, -0.1) is 0 Å². The molecule has 1 fully saturated rings. The molecule has 2 N–H and O–H groups in total. The van der Waals surface area contributed by atoms with Crippen LogP contribution >= 0.6 is 0 Å². The van der Waals surface area contributed by atoms with Crippen molar-refractivity contribution >= 4 is 23.5 Å². The van der Waals surface area contributed by atoms with Gasteiger partial charge in [0.2, 0.25) is 11.8 Å². The van der Waals surface area contributed by atoms with Crippen molar-refractivity contribution in [1.29, 1.82) is 0 Å². The van der Waals surface area contributed by atoms with Gasteiger partial charge in [0, 0.05) is 12.2 Å². The first-order valence-corrected chi connectivity index (χ1v) is 7.04. The Balaban J connectivity index is 2.06. The highest BCUT2D eigenvalue weighted by molar-refractivity contribution is 6.10. The summed E-state index contributed by atoms with van der Waals surface area (Å²) in [6, 6.07) is 4.43. The summed E-state index contributed by atoms with van der Waals surface area (Å²) in [6.07, 6.45) is 0.543. The number of anilines is 1. The second-order valence-electron chi connectivity index (χ2n) is 5.12. The Labute approximate surface area is 126 Å². The molecule has 2 amide bonds. The van der Waals surface area contributed by atoms with Crippen LogP contribution in [0.5, 0.6) is 0 Å². The summed E-state index contributed by atoms with van der Waals surface area (Å²) in [5, 5.41) is 11.3. The minimum Gasteiger partial charge on any atom is -0.480 e. The van der Waals surface area contributed by atoms with Crippen molar-refractivity contribution in [1.82, 2.24) is 5.32 Å². The minimum absolute atomic E-state index is 0.240. The lowest BCUT2D eigenvalue weighted by Gasteiger charge is -2.18. The Hall–Kier alpha value is -2.44. The smallest absolute Gasteiger partial charge is 0.326 e. The molecule has 0 saturated carbocycles. The maximum Gasteiger partial charge on any atom is 0.326 e. The first kappa shape index (κ1) is 15.9.